The van der Waals surface area contributed by atoms with Gasteiger partial charge in [-0.2, -0.15) is 0 Å². The normalized spacial score (nSPS) is 16.5. The summed E-state index contributed by atoms with van der Waals surface area (Å²) in [7, 11) is -1.52. The average Bonchev–Trinajstić information content (AvgIpc) is 3.23. The second kappa shape index (κ2) is 18.6. The van der Waals surface area contributed by atoms with Crippen LogP contribution in [0.4, 0.5) is 11.4 Å². The van der Waals surface area contributed by atoms with Crippen molar-refractivity contribution in [2.75, 3.05) is 17.7 Å². The maximum Gasteiger partial charge on any atom is 0.326 e. The van der Waals surface area contributed by atoms with Gasteiger partial charge < -0.3 is 25.7 Å². The van der Waals surface area contributed by atoms with E-state index in [0.717, 1.165) is 60.4 Å². The second-order valence-corrected chi connectivity index (χ2v) is 15.6. The molecule has 0 saturated carbocycles. The highest BCUT2D eigenvalue weighted by molar-refractivity contribution is 7.98. The number of carboxylic acids is 1. The number of nitrogens with one attached hydrogen (secondary N) is 3. The smallest absolute Gasteiger partial charge is 0.326 e. The van der Waals surface area contributed by atoms with Crippen molar-refractivity contribution in [3.8, 4) is 5.75 Å². The number of nitrogens with zero attached hydrogens (tertiary/aromatic N) is 1. The minimum Gasteiger partial charge on any atom is -0.508 e. The Labute approximate surface area is 308 Å². The van der Waals surface area contributed by atoms with E-state index in [2.05, 4.69) is 52.3 Å². The molecule has 2 amide bonds. The highest BCUT2D eigenvalue weighted by Crippen LogP contribution is 2.41. The molecule has 0 fully saturated rings. The van der Waals surface area contributed by atoms with Gasteiger partial charge in [-0.3, -0.25) is 9.59 Å². The van der Waals surface area contributed by atoms with Gasteiger partial charge in [0.1, 0.15) is 28.8 Å². The van der Waals surface area contributed by atoms with Gasteiger partial charge in [0.15, 0.2) is 0 Å². The van der Waals surface area contributed by atoms with Crippen molar-refractivity contribution in [2.45, 2.75) is 106 Å². The molecule has 3 atom stereocenters. The Kier molecular flexibility index (Phi) is 14.5. The van der Waals surface area contributed by atoms with Gasteiger partial charge in [0, 0.05) is 29.1 Å². The molecule has 1 aliphatic heterocycles. The Morgan fingerprint density at radius 2 is 1.63 bits per heavy atom. The number of thioether (sulfide) groups is 1. The van der Waals surface area contributed by atoms with Gasteiger partial charge in [0.2, 0.25) is 11.8 Å². The standard InChI is InChI=1S/C39H52N4O6S2/c1-6-8-21-39(22-9-7-2)25-43(29-13-11-10-12-14-29)31-24-32(50-5)28(23-33(31)51(49)42-39)17-20-34(45)40-36(27-15-18-30(44)19-16-27)37(46)41-35(26(3)4)38(47)48/h10-16,18-19,23-24,26,35-36,42,44H,6-9,17,20-22,25H2,1-5H3,(H,40,45)(H,41,46)(H,47,48)/t35-,36+,51?/m0/s1. The average molecular weight is 737 g/mol. The van der Waals surface area contributed by atoms with E-state index in [1.54, 1.807) is 25.6 Å². The van der Waals surface area contributed by atoms with E-state index >= 15 is 0 Å². The minimum absolute atomic E-state index is 0.00620. The van der Waals surface area contributed by atoms with Crippen LogP contribution in [-0.2, 0) is 31.8 Å². The van der Waals surface area contributed by atoms with Gasteiger partial charge >= 0.3 is 5.97 Å². The topological polar surface area (TPSA) is 148 Å². The Hall–Kier alpha value is -3.87. The number of aryl methyl sites for hydroxylation is 1. The molecule has 0 bridgehead atoms. The van der Waals surface area contributed by atoms with E-state index in [-0.39, 0.29) is 23.6 Å². The summed E-state index contributed by atoms with van der Waals surface area (Å²) in [6.07, 6.45) is 8.23. The number of para-hydroxylation sites is 1. The molecular weight excluding hydrogens is 685 g/mol. The van der Waals surface area contributed by atoms with Crippen molar-refractivity contribution in [3.05, 3.63) is 77.9 Å². The maximum atomic E-state index is 14.3. The summed E-state index contributed by atoms with van der Waals surface area (Å²) in [6.45, 7) is 8.40. The molecule has 51 heavy (non-hydrogen) atoms. The molecule has 3 aromatic carbocycles. The summed E-state index contributed by atoms with van der Waals surface area (Å²) in [4.78, 5) is 42.7. The van der Waals surface area contributed by atoms with Crippen LogP contribution in [0, 0.1) is 5.92 Å². The molecule has 12 heteroatoms. The fourth-order valence-corrected chi connectivity index (χ4v) is 8.49. The highest BCUT2D eigenvalue weighted by Gasteiger charge is 2.39. The van der Waals surface area contributed by atoms with Crippen LogP contribution in [0.25, 0.3) is 0 Å². The van der Waals surface area contributed by atoms with E-state index in [9.17, 15) is 28.8 Å². The molecule has 3 aromatic rings. The second-order valence-electron chi connectivity index (χ2n) is 13.6. The molecule has 0 radical (unpaired) electrons. The van der Waals surface area contributed by atoms with E-state index in [0.29, 0.717) is 23.4 Å². The van der Waals surface area contributed by atoms with Gasteiger partial charge in [0.05, 0.1) is 10.6 Å². The first-order valence-electron chi connectivity index (χ1n) is 17.8. The predicted molar refractivity (Wildman–Crippen MR) is 205 cm³/mol. The maximum absolute atomic E-state index is 14.3. The van der Waals surface area contributed by atoms with Crippen LogP contribution in [0.5, 0.6) is 5.75 Å². The molecule has 0 saturated heterocycles. The molecule has 0 aromatic heterocycles. The monoisotopic (exact) mass is 736 g/mol. The summed E-state index contributed by atoms with van der Waals surface area (Å²) >= 11 is 1.56. The van der Waals surface area contributed by atoms with Crippen molar-refractivity contribution < 1.29 is 28.8 Å². The third kappa shape index (κ3) is 10.4. The number of phenolic OH excluding ortho intramolecular Hbond substituents is 1. The van der Waals surface area contributed by atoms with Gasteiger partial charge in [0.25, 0.3) is 0 Å². The van der Waals surface area contributed by atoms with Crippen molar-refractivity contribution in [3.63, 3.8) is 0 Å². The Morgan fingerprint density at radius 1 is 0.980 bits per heavy atom. The quantitative estimate of drug-likeness (QED) is 0.0930. The lowest BCUT2D eigenvalue weighted by Gasteiger charge is -2.37. The van der Waals surface area contributed by atoms with Gasteiger partial charge in [-0.25, -0.2) is 13.7 Å². The van der Waals surface area contributed by atoms with Gasteiger partial charge in [-0.15, -0.1) is 11.8 Å². The fraction of sp³-hybridized carbons (Fsp3) is 0.462. The summed E-state index contributed by atoms with van der Waals surface area (Å²) in [6, 6.07) is 17.8. The molecule has 5 N–H and O–H groups in total. The van der Waals surface area contributed by atoms with Crippen molar-refractivity contribution >= 4 is 51.9 Å². The summed E-state index contributed by atoms with van der Waals surface area (Å²) in [5.74, 6) is -2.64. The van der Waals surface area contributed by atoms with Crippen LogP contribution in [0.2, 0.25) is 0 Å². The molecule has 10 nitrogen and oxygen atoms in total. The van der Waals surface area contributed by atoms with E-state index in [1.807, 2.05) is 30.5 Å². The number of hydrogen-bond donors (Lipinski definition) is 5. The molecule has 1 aliphatic rings. The first kappa shape index (κ1) is 39.9. The number of hydrogen-bond acceptors (Lipinski definition) is 7. The molecule has 4 rings (SSSR count). The number of fused-ring (bicyclic) bond motifs is 1. The van der Waals surface area contributed by atoms with Crippen molar-refractivity contribution in [1.82, 2.24) is 15.4 Å². The van der Waals surface area contributed by atoms with Crippen LogP contribution in [-0.4, -0.2) is 56.6 Å². The van der Waals surface area contributed by atoms with E-state index in [4.69, 9.17) is 0 Å². The number of benzene rings is 3. The number of aromatic hydroxyl groups is 1. The summed E-state index contributed by atoms with van der Waals surface area (Å²) in [5.41, 5.74) is 2.81. The number of carboxylic acid groups (broad SMARTS) is 1. The number of anilines is 2. The van der Waals surface area contributed by atoms with E-state index in [1.165, 1.54) is 24.3 Å². The number of phenols is 1. The summed E-state index contributed by atoms with van der Waals surface area (Å²) in [5, 5.41) is 24.8. The number of carbonyl (C=O) groups excluding carboxylic acids is 2. The fourth-order valence-electron chi connectivity index (χ4n) is 6.46. The molecule has 0 spiro atoms. The number of aliphatic carboxylic acids is 1. The lowest BCUT2D eigenvalue weighted by Crippen LogP contribution is -2.51. The number of rotatable bonds is 17. The van der Waals surface area contributed by atoms with Crippen molar-refractivity contribution in [1.29, 1.82) is 0 Å². The molecule has 276 valence electrons. The van der Waals surface area contributed by atoms with Crippen LogP contribution >= 0.6 is 11.8 Å². The minimum atomic E-state index is -1.52. The predicted octanol–water partition coefficient (Wildman–Crippen LogP) is 7.01. The Bertz CT molecular complexity index is 1660. The molecule has 1 heterocycles. The highest BCUT2D eigenvalue weighted by atomic mass is 32.2. The van der Waals surface area contributed by atoms with E-state index < -0.39 is 40.9 Å². The zero-order valence-electron chi connectivity index (χ0n) is 30.2. The SMILES string of the molecule is CCCCC1(CCCC)CN(c2ccccc2)c2cc(SC)c(CCC(=O)N[C@@H](C(=O)N[C@H](C(=O)O)C(C)C)c3ccc(O)cc3)cc2S(=O)N1. The number of carbonyl (C=O) groups is 3. The van der Waals surface area contributed by atoms with Crippen LogP contribution in [0.15, 0.2) is 76.5 Å². The van der Waals surface area contributed by atoms with Crippen molar-refractivity contribution in [2.24, 2.45) is 5.92 Å². The lowest BCUT2D eigenvalue weighted by atomic mass is 9.87. The number of unbranched alkanes of at least 4 members (excludes halogenated alkanes) is 2. The zero-order chi connectivity index (χ0) is 37.1. The first-order valence-corrected chi connectivity index (χ1v) is 20.1. The largest absolute Gasteiger partial charge is 0.508 e. The Balaban J connectivity index is 1.65. The van der Waals surface area contributed by atoms with Crippen LogP contribution < -0.4 is 20.3 Å². The zero-order valence-corrected chi connectivity index (χ0v) is 31.9. The molecule has 0 aliphatic carbocycles. The molecule has 1 unspecified atom stereocenters. The number of amides is 2. The van der Waals surface area contributed by atoms with Gasteiger partial charge in [-0.1, -0.05) is 83.7 Å². The third-order valence-corrected chi connectivity index (χ3v) is 11.5. The van der Waals surface area contributed by atoms with Gasteiger partial charge in [-0.05, 0) is 79.0 Å². The lowest BCUT2D eigenvalue weighted by molar-refractivity contribution is -0.143. The first-order chi connectivity index (χ1) is 24.4. The Morgan fingerprint density at radius 3 is 2.20 bits per heavy atom. The van der Waals surface area contributed by atoms with Crippen LogP contribution in [0.3, 0.4) is 0 Å². The third-order valence-electron chi connectivity index (χ3n) is 9.35. The van der Waals surface area contributed by atoms with Crippen LogP contribution in [0.1, 0.15) is 89.8 Å². The molecular formula is C39H52N4O6S2. The summed E-state index contributed by atoms with van der Waals surface area (Å²) < 4.78 is 17.9.